The Balaban J connectivity index is 1.67. The number of non-ortho nitro benzene ring substituents is 1. The molecule has 1 fully saturated rings. The first-order chi connectivity index (χ1) is 11.4. The molecule has 1 saturated carbocycles. The van der Waals surface area contributed by atoms with E-state index < -0.39 is 22.7 Å². The van der Waals surface area contributed by atoms with E-state index in [4.69, 9.17) is 5.11 Å². The molecule has 0 atom stereocenters. The molecule has 1 aromatic heterocycles. The minimum Gasteiger partial charge on any atom is -0.481 e. The van der Waals surface area contributed by atoms with E-state index in [0.717, 1.165) is 0 Å². The number of hydrogen-bond acceptors (Lipinski definition) is 6. The molecule has 10 heteroatoms. The second-order valence-electron chi connectivity index (χ2n) is 5.50. The number of carbonyl (C=O) groups excluding carboxylic acids is 1. The molecule has 10 nitrogen and oxygen atoms in total. The van der Waals surface area contributed by atoms with Crippen LogP contribution in [0.3, 0.4) is 0 Å². The van der Waals surface area contributed by atoms with Gasteiger partial charge in [-0.05, 0) is 18.9 Å². The van der Waals surface area contributed by atoms with Crippen LogP contribution in [-0.4, -0.2) is 42.9 Å². The standard InChI is InChI=1S/C14H13N5O5/c20-13(15-9-4-8(5-9)14(21)22)12-7-18(17-16-12)10-2-1-3-11(6-10)19(23)24/h1-3,6-9H,4-5H2,(H,15,20)(H,21,22). The molecule has 0 bridgehead atoms. The normalized spacial score (nSPS) is 19.3. The summed E-state index contributed by atoms with van der Waals surface area (Å²) in [6.45, 7) is 0. The van der Waals surface area contributed by atoms with Crippen molar-refractivity contribution in [2.24, 2.45) is 5.92 Å². The molecule has 0 aliphatic heterocycles. The zero-order valence-electron chi connectivity index (χ0n) is 12.3. The third-order valence-electron chi connectivity index (χ3n) is 3.85. The average Bonchev–Trinajstić information content (AvgIpc) is 3.00. The number of hydrogen-bond donors (Lipinski definition) is 2. The van der Waals surface area contributed by atoms with Gasteiger partial charge in [-0.15, -0.1) is 5.10 Å². The van der Waals surface area contributed by atoms with Gasteiger partial charge in [0, 0.05) is 18.2 Å². The minimum absolute atomic E-state index is 0.0558. The van der Waals surface area contributed by atoms with Gasteiger partial charge in [-0.1, -0.05) is 11.3 Å². The summed E-state index contributed by atoms with van der Waals surface area (Å²) in [6.07, 6.45) is 2.14. The number of aliphatic carboxylic acids is 1. The third kappa shape index (κ3) is 3.07. The van der Waals surface area contributed by atoms with Crippen LogP contribution >= 0.6 is 0 Å². The monoisotopic (exact) mass is 331 g/mol. The maximum absolute atomic E-state index is 12.1. The second kappa shape index (κ2) is 6.07. The number of nitrogens with one attached hydrogen (secondary N) is 1. The van der Waals surface area contributed by atoms with E-state index in [9.17, 15) is 19.7 Å². The van der Waals surface area contributed by atoms with Crippen LogP contribution in [0.15, 0.2) is 30.5 Å². The minimum atomic E-state index is -0.864. The number of carboxylic acids is 1. The Hall–Kier alpha value is -3.30. The van der Waals surface area contributed by atoms with Crippen LogP contribution in [0.1, 0.15) is 23.3 Å². The van der Waals surface area contributed by atoms with Gasteiger partial charge in [-0.3, -0.25) is 19.7 Å². The maximum atomic E-state index is 12.1. The molecule has 0 saturated heterocycles. The molecule has 1 heterocycles. The number of nitrogens with zero attached hydrogens (tertiary/aromatic N) is 4. The Morgan fingerprint density at radius 2 is 2.12 bits per heavy atom. The Bertz CT molecular complexity index is 811. The highest BCUT2D eigenvalue weighted by molar-refractivity contribution is 5.92. The number of rotatable bonds is 5. The van der Waals surface area contributed by atoms with Gasteiger partial charge >= 0.3 is 5.97 Å². The summed E-state index contributed by atoms with van der Waals surface area (Å²) in [7, 11) is 0. The highest BCUT2D eigenvalue weighted by Crippen LogP contribution is 2.27. The summed E-state index contributed by atoms with van der Waals surface area (Å²) < 4.78 is 1.27. The number of carbonyl (C=O) groups is 2. The number of amides is 1. The van der Waals surface area contributed by atoms with Gasteiger partial charge in [0.05, 0.1) is 22.7 Å². The fourth-order valence-electron chi connectivity index (χ4n) is 2.44. The molecule has 0 unspecified atom stereocenters. The Morgan fingerprint density at radius 3 is 2.79 bits per heavy atom. The van der Waals surface area contributed by atoms with Crippen LogP contribution in [0.2, 0.25) is 0 Å². The molecule has 124 valence electrons. The van der Waals surface area contributed by atoms with E-state index in [-0.39, 0.29) is 17.4 Å². The molecule has 3 rings (SSSR count). The summed E-state index contributed by atoms with van der Waals surface area (Å²) in [5, 5.41) is 29.8. The van der Waals surface area contributed by atoms with E-state index in [1.54, 1.807) is 6.07 Å². The zero-order valence-corrected chi connectivity index (χ0v) is 12.3. The first-order valence-electron chi connectivity index (χ1n) is 7.15. The van der Waals surface area contributed by atoms with Gasteiger partial charge in [0.25, 0.3) is 11.6 Å². The van der Waals surface area contributed by atoms with Gasteiger partial charge in [0.15, 0.2) is 5.69 Å². The average molecular weight is 331 g/mol. The van der Waals surface area contributed by atoms with Gasteiger partial charge in [0.2, 0.25) is 0 Å². The molecular formula is C14H13N5O5. The lowest BCUT2D eigenvalue weighted by molar-refractivity contribution is -0.384. The van der Waals surface area contributed by atoms with Gasteiger partial charge in [0.1, 0.15) is 0 Å². The molecule has 1 aromatic carbocycles. The number of benzene rings is 1. The number of carboxylic acid groups (broad SMARTS) is 1. The molecule has 2 N–H and O–H groups in total. The topological polar surface area (TPSA) is 140 Å². The SMILES string of the molecule is O=C(NC1CC(C(=O)O)C1)c1cn(-c2cccc([N+](=O)[O-])c2)nn1. The highest BCUT2D eigenvalue weighted by atomic mass is 16.6. The van der Waals surface area contributed by atoms with E-state index in [0.29, 0.717) is 18.5 Å². The molecule has 24 heavy (non-hydrogen) atoms. The maximum Gasteiger partial charge on any atom is 0.306 e. The first kappa shape index (κ1) is 15.6. The molecule has 1 amide bonds. The Kier molecular flexibility index (Phi) is 3.94. The molecule has 1 aliphatic rings. The summed E-state index contributed by atoms with van der Waals surface area (Å²) in [4.78, 5) is 33.1. The summed E-state index contributed by atoms with van der Waals surface area (Å²) in [5.41, 5.74) is 0.369. The third-order valence-corrected chi connectivity index (χ3v) is 3.85. The van der Waals surface area contributed by atoms with Crippen molar-refractivity contribution in [3.8, 4) is 5.69 Å². The summed E-state index contributed by atoms with van der Waals surface area (Å²) in [5.74, 6) is -1.74. The van der Waals surface area contributed by atoms with Gasteiger partial charge in [-0.2, -0.15) is 0 Å². The molecular weight excluding hydrogens is 318 g/mol. The van der Waals surface area contributed by atoms with Crippen molar-refractivity contribution in [2.45, 2.75) is 18.9 Å². The van der Waals surface area contributed by atoms with Crippen molar-refractivity contribution in [1.29, 1.82) is 0 Å². The van der Waals surface area contributed by atoms with E-state index >= 15 is 0 Å². The van der Waals surface area contributed by atoms with E-state index in [1.807, 2.05) is 0 Å². The predicted octanol–water partition coefficient (Wildman–Crippen LogP) is 0.768. The van der Waals surface area contributed by atoms with Crippen LogP contribution in [-0.2, 0) is 4.79 Å². The first-order valence-corrected chi connectivity index (χ1v) is 7.15. The van der Waals surface area contributed by atoms with Gasteiger partial charge in [-0.25, -0.2) is 4.68 Å². The fourth-order valence-corrected chi connectivity index (χ4v) is 2.44. The lowest BCUT2D eigenvalue weighted by Gasteiger charge is -2.32. The number of nitro groups is 1. The molecule has 2 aromatic rings. The summed E-state index contributed by atoms with van der Waals surface area (Å²) in [6, 6.07) is 5.59. The van der Waals surface area contributed by atoms with Crippen LogP contribution in [0, 0.1) is 16.0 Å². The Labute approximate surface area is 135 Å². The second-order valence-corrected chi connectivity index (χ2v) is 5.50. The number of aromatic nitrogens is 3. The quantitative estimate of drug-likeness (QED) is 0.609. The smallest absolute Gasteiger partial charge is 0.306 e. The zero-order chi connectivity index (χ0) is 17.3. The van der Waals surface area contributed by atoms with Crippen LogP contribution in [0.4, 0.5) is 5.69 Å². The Morgan fingerprint density at radius 1 is 1.38 bits per heavy atom. The lowest BCUT2D eigenvalue weighted by atomic mass is 9.80. The van der Waals surface area contributed by atoms with Crippen LogP contribution < -0.4 is 5.32 Å². The van der Waals surface area contributed by atoms with Crippen molar-refractivity contribution < 1.29 is 19.6 Å². The largest absolute Gasteiger partial charge is 0.481 e. The summed E-state index contributed by atoms with van der Waals surface area (Å²) >= 11 is 0. The number of nitro benzene ring substituents is 1. The van der Waals surface area contributed by atoms with E-state index in [2.05, 4.69) is 15.6 Å². The van der Waals surface area contributed by atoms with E-state index in [1.165, 1.54) is 29.1 Å². The van der Waals surface area contributed by atoms with Crippen molar-refractivity contribution in [2.75, 3.05) is 0 Å². The van der Waals surface area contributed by atoms with Crippen molar-refractivity contribution >= 4 is 17.6 Å². The lowest BCUT2D eigenvalue weighted by Crippen LogP contribution is -2.46. The molecule has 0 spiro atoms. The highest BCUT2D eigenvalue weighted by Gasteiger charge is 2.35. The van der Waals surface area contributed by atoms with Crippen molar-refractivity contribution in [3.05, 3.63) is 46.3 Å². The van der Waals surface area contributed by atoms with Crippen molar-refractivity contribution in [3.63, 3.8) is 0 Å². The van der Waals surface area contributed by atoms with Crippen LogP contribution in [0.25, 0.3) is 5.69 Å². The molecule has 1 aliphatic carbocycles. The molecule has 0 radical (unpaired) electrons. The van der Waals surface area contributed by atoms with Crippen LogP contribution in [0.5, 0.6) is 0 Å². The fraction of sp³-hybridized carbons (Fsp3) is 0.286. The van der Waals surface area contributed by atoms with Crippen molar-refractivity contribution in [1.82, 2.24) is 20.3 Å². The van der Waals surface area contributed by atoms with Gasteiger partial charge < -0.3 is 10.4 Å². The predicted molar refractivity (Wildman–Crippen MR) is 79.6 cm³/mol.